The zero-order chi connectivity index (χ0) is 27.1. The molecule has 2 N–H and O–H groups in total. The molecule has 0 spiro atoms. The van der Waals surface area contributed by atoms with Gasteiger partial charge in [-0.05, 0) is 49.5 Å². The molecule has 3 aromatic rings. The van der Waals surface area contributed by atoms with E-state index in [0.717, 1.165) is 48.2 Å². The number of aromatic nitrogens is 4. The predicted octanol–water partition coefficient (Wildman–Crippen LogP) is 2.58. The van der Waals surface area contributed by atoms with E-state index in [1.165, 1.54) is 9.13 Å². The maximum atomic E-state index is 14.1. The maximum Gasteiger partial charge on any atom is 0.332 e. The lowest BCUT2D eigenvalue weighted by atomic mass is 9.99. The molecule has 2 aromatic heterocycles. The molecule has 6 rings (SSSR count). The summed E-state index contributed by atoms with van der Waals surface area (Å²) in [6.07, 6.45) is 10.9. The lowest BCUT2D eigenvalue weighted by Gasteiger charge is -2.31. The molecule has 1 atom stereocenters. The SMILES string of the molecule is CC#CCn1c(N2CCCC(N)C2)nc2c1c(=O)n(CC1=NC3=CC=CCC3=Cc3ccccc31)c(=O)n2C. The van der Waals surface area contributed by atoms with E-state index in [0.29, 0.717) is 29.4 Å². The van der Waals surface area contributed by atoms with Gasteiger partial charge in [0, 0.05) is 31.7 Å². The summed E-state index contributed by atoms with van der Waals surface area (Å²) in [5.74, 6) is 6.63. The number of rotatable bonds is 4. The third-order valence-corrected chi connectivity index (χ3v) is 7.59. The smallest absolute Gasteiger partial charge is 0.332 e. The molecule has 198 valence electrons. The Morgan fingerprint density at radius 3 is 2.85 bits per heavy atom. The van der Waals surface area contributed by atoms with Crippen LogP contribution in [0.25, 0.3) is 17.2 Å². The number of aliphatic imine (C=N–C) groups is 1. The zero-order valence-electron chi connectivity index (χ0n) is 22.2. The lowest BCUT2D eigenvalue weighted by molar-refractivity contribution is 0.496. The first kappa shape index (κ1) is 24.9. The number of hydrogen-bond acceptors (Lipinski definition) is 6. The van der Waals surface area contributed by atoms with Crippen LogP contribution in [-0.4, -0.2) is 43.5 Å². The van der Waals surface area contributed by atoms with E-state index in [4.69, 9.17) is 15.7 Å². The minimum atomic E-state index is -0.434. The van der Waals surface area contributed by atoms with Crippen LogP contribution in [0.15, 0.2) is 68.3 Å². The molecule has 1 unspecified atom stereocenters. The van der Waals surface area contributed by atoms with Gasteiger partial charge in [-0.15, -0.1) is 5.92 Å². The van der Waals surface area contributed by atoms with Gasteiger partial charge < -0.3 is 10.6 Å². The Morgan fingerprint density at radius 2 is 2.03 bits per heavy atom. The van der Waals surface area contributed by atoms with Crippen molar-refractivity contribution in [3.05, 3.63) is 85.7 Å². The molecular formula is C30H31N7O2. The van der Waals surface area contributed by atoms with Crippen molar-refractivity contribution in [3.8, 4) is 11.8 Å². The maximum absolute atomic E-state index is 14.1. The molecular weight excluding hydrogens is 490 g/mol. The van der Waals surface area contributed by atoms with Crippen molar-refractivity contribution in [2.45, 2.75) is 45.3 Å². The van der Waals surface area contributed by atoms with E-state index in [2.05, 4.69) is 28.9 Å². The summed E-state index contributed by atoms with van der Waals surface area (Å²) in [6, 6.07) is 7.99. The van der Waals surface area contributed by atoms with Crippen LogP contribution in [0.4, 0.5) is 5.95 Å². The van der Waals surface area contributed by atoms with Crippen molar-refractivity contribution in [3.63, 3.8) is 0 Å². The number of benzene rings is 1. The van der Waals surface area contributed by atoms with Crippen molar-refractivity contribution in [2.24, 2.45) is 17.8 Å². The first-order valence-electron chi connectivity index (χ1n) is 13.3. The minimum absolute atomic E-state index is 0.0282. The fourth-order valence-corrected chi connectivity index (χ4v) is 5.60. The molecule has 39 heavy (non-hydrogen) atoms. The van der Waals surface area contributed by atoms with Gasteiger partial charge >= 0.3 is 5.69 Å². The number of nitrogens with zero attached hydrogens (tertiary/aromatic N) is 6. The van der Waals surface area contributed by atoms with Crippen LogP contribution >= 0.6 is 0 Å². The van der Waals surface area contributed by atoms with Gasteiger partial charge in [-0.1, -0.05) is 42.3 Å². The Morgan fingerprint density at radius 1 is 1.18 bits per heavy atom. The minimum Gasteiger partial charge on any atom is -0.341 e. The Hall–Kier alpha value is -4.42. The Labute approximate surface area is 226 Å². The van der Waals surface area contributed by atoms with Crippen molar-refractivity contribution >= 4 is 28.9 Å². The summed E-state index contributed by atoms with van der Waals surface area (Å²) in [7, 11) is 1.66. The summed E-state index contributed by atoms with van der Waals surface area (Å²) < 4.78 is 4.56. The van der Waals surface area contributed by atoms with Gasteiger partial charge in [0.15, 0.2) is 11.2 Å². The topological polar surface area (TPSA) is 103 Å². The molecule has 1 saturated heterocycles. The van der Waals surface area contributed by atoms with E-state index in [9.17, 15) is 9.59 Å². The van der Waals surface area contributed by atoms with Crippen molar-refractivity contribution < 1.29 is 0 Å². The average Bonchev–Trinajstić information content (AvgIpc) is 3.25. The Bertz CT molecular complexity index is 1790. The van der Waals surface area contributed by atoms with Gasteiger partial charge in [-0.3, -0.25) is 23.5 Å². The fourth-order valence-electron chi connectivity index (χ4n) is 5.60. The van der Waals surface area contributed by atoms with E-state index < -0.39 is 11.2 Å². The third-order valence-electron chi connectivity index (χ3n) is 7.59. The van der Waals surface area contributed by atoms with Gasteiger partial charge in [-0.25, -0.2) is 4.79 Å². The Kier molecular flexibility index (Phi) is 6.41. The molecule has 0 bridgehead atoms. The van der Waals surface area contributed by atoms with Crippen LogP contribution in [0.2, 0.25) is 0 Å². The number of allylic oxidation sites excluding steroid dienone is 4. The second kappa shape index (κ2) is 10.0. The molecule has 0 saturated carbocycles. The summed E-state index contributed by atoms with van der Waals surface area (Å²) in [5.41, 5.74) is 10.7. The van der Waals surface area contributed by atoms with E-state index in [1.54, 1.807) is 14.0 Å². The van der Waals surface area contributed by atoms with Crippen LogP contribution < -0.4 is 21.9 Å². The normalized spacial score (nSPS) is 18.4. The highest BCUT2D eigenvalue weighted by Crippen LogP contribution is 2.29. The fraction of sp³-hybridized carbons (Fsp3) is 0.333. The summed E-state index contributed by atoms with van der Waals surface area (Å²) >= 11 is 0. The van der Waals surface area contributed by atoms with Gasteiger partial charge in [-0.2, -0.15) is 4.98 Å². The van der Waals surface area contributed by atoms with Crippen LogP contribution in [0.1, 0.15) is 37.3 Å². The van der Waals surface area contributed by atoms with E-state index >= 15 is 0 Å². The molecule has 1 aliphatic carbocycles. The zero-order valence-corrected chi connectivity index (χ0v) is 22.2. The van der Waals surface area contributed by atoms with Crippen LogP contribution in [-0.2, 0) is 20.1 Å². The third kappa shape index (κ3) is 4.37. The van der Waals surface area contributed by atoms with Gasteiger partial charge in [0.05, 0.1) is 24.5 Å². The molecule has 9 nitrogen and oxygen atoms in total. The van der Waals surface area contributed by atoms with E-state index in [1.807, 2.05) is 41.0 Å². The number of aryl methyl sites for hydroxylation is 1. The van der Waals surface area contributed by atoms with Gasteiger partial charge in [0.25, 0.3) is 5.56 Å². The number of imidazole rings is 1. The molecule has 9 heteroatoms. The molecule has 1 aromatic carbocycles. The standard InChI is InChI=1S/C30H31N7O2/c1-3-4-16-36-26-27(33-29(36)35-15-9-12-22(31)18-35)34(2)30(39)37(28(26)38)19-25-23-13-7-5-10-20(23)17-21-11-6-8-14-24(21)32-25/h5-8,10,13-14,17,22H,9,11-12,15-16,18-19,31H2,1-2H3. The quantitative estimate of drug-likeness (QED) is 0.532. The summed E-state index contributed by atoms with van der Waals surface area (Å²) in [6.45, 7) is 3.51. The summed E-state index contributed by atoms with van der Waals surface area (Å²) in [4.78, 5) is 39.6. The number of anilines is 1. The summed E-state index contributed by atoms with van der Waals surface area (Å²) in [5, 5.41) is 0. The first-order valence-corrected chi connectivity index (χ1v) is 13.3. The average molecular weight is 522 g/mol. The van der Waals surface area contributed by atoms with Crippen LogP contribution in [0.5, 0.6) is 0 Å². The first-order chi connectivity index (χ1) is 19.0. The van der Waals surface area contributed by atoms with Crippen LogP contribution in [0.3, 0.4) is 0 Å². The monoisotopic (exact) mass is 521 g/mol. The largest absolute Gasteiger partial charge is 0.341 e. The molecule has 0 radical (unpaired) electrons. The lowest BCUT2D eigenvalue weighted by Crippen LogP contribution is -2.44. The highest BCUT2D eigenvalue weighted by atomic mass is 16.2. The predicted molar refractivity (Wildman–Crippen MR) is 155 cm³/mol. The number of piperidine rings is 1. The van der Waals surface area contributed by atoms with E-state index in [-0.39, 0.29) is 19.1 Å². The van der Waals surface area contributed by atoms with Crippen molar-refractivity contribution in [2.75, 3.05) is 18.0 Å². The van der Waals surface area contributed by atoms with Gasteiger partial charge in [0.2, 0.25) is 5.95 Å². The highest BCUT2D eigenvalue weighted by Gasteiger charge is 2.27. The second-order valence-corrected chi connectivity index (χ2v) is 10.2. The second-order valence-electron chi connectivity index (χ2n) is 10.2. The number of fused-ring (bicyclic) bond motifs is 3. The Balaban J connectivity index is 1.53. The van der Waals surface area contributed by atoms with Crippen LogP contribution in [0, 0.1) is 11.8 Å². The van der Waals surface area contributed by atoms with Crippen molar-refractivity contribution in [1.82, 2.24) is 18.7 Å². The molecule has 2 aliphatic heterocycles. The molecule has 3 aliphatic rings. The molecule has 1 fully saturated rings. The molecule has 4 heterocycles. The molecule has 0 amide bonds. The number of nitrogens with two attached hydrogens (primary N) is 1. The van der Waals surface area contributed by atoms with Gasteiger partial charge in [0.1, 0.15) is 0 Å². The highest BCUT2D eigenvalue weighted by molar-refractivity contribution is 6.05. The van der Waals surface area contributed by atoms with Crippen molar-refractivity contribution in [1.29, 1.82) is 0 Å². The number of hydrogen-bond donors (Lipinski definition) is 1.